The molecule has 7 nitrogen and oxygen atoms in total. The summed E-state index contributed by atoms with van der Waals surface area (Å²) in [5.74, 6) is 0.694. The van der Waals surface area contributed by atoms with E-state index >= 15 is 0 Å². The first-order chi connectivity index (χ1) is 18.3. The van der Waals surface area contributed by atoms with Crippen LogP contribution in [0, 0.1) is 0 Å². The number of hydrogen-bond acceptors (Lipinski definition) is 6. The molecule has 0 spiro atoms. The fourth-order valence-corrected chi connectivity index (χ4v) is 5.11. The van der Waals surface area contributed by atoms with Gasteiger partial charge in [0.15, 0.2) is 0 Å². The van der Waals surface area contributed by atoms with Crippen LogP contribution in [0.5, 0.6) is 5.75 Å². The summed E-state index contributed by atoms with van der Waals surface area (Å²) in [7, 11) is 0. The topological polar surface area (TPSA) is 92.4 Å². The molecule has 0 aliphatic heterocycles. The van der Waals surface area contributed by atoms with Crippen LogP contribution in [-0.2, 0) is 6.61 Å². The second-order valence-electron chi connectivity index (χ2n) is 8.69. The molecule has 0 amide bonds. The molecule has 0 aliphatic rings. The SMILES string of the molecule is c1ccc(COc2cncc(-c3ccc4[nH]nc(-c5cc6c(-c7ccsc7)cncc6[nH]5)c4n3)c2)cc1. The first-order valence-electron chi connectivity index (χ1n) is 11.8. The van der Waals surface area contributed by atoms with Gasteiger partial charge in [-0.25, -0.2) is 4.98 Å². The van der Waals surface area contributed by atoms with Crippen LogP contribution in [0.15, 0.2) is 96.2 Å². The van der Waals surface area contributed by atoms with Crippen molar-refractivity contribution in [2.45, 2.75) is 6.61 Å². The Morgan fingerprint density at radius 3 is 2.65 bits per heavy atom. The molecule has 1 aromatic carbocycles. The van der Waals surface area contributed by atoms with E-state index in [1.807, 2.05) is 60.9 Å². The number of pyridine rings is 3. The molecular weight excluding hydrogens is 480 g/mol. The molecule has 0 saturated heterocycles. The van der Waals surface area contributed by atoms with Crippen LogP contribution >= 0.6 is 11.3 Å². The highest BCUT2D eigenvalue weighted by molar-refractivity contribution is 7.08. The van der Waals surface area contributed by atoms with Crippen LogP contribution in [0.2, 0.25) is 0 Å². The number of aromatic nitrogens is 6. The van der Waals surface area contributed by atoms with E-state index in [0.29, 0.717) is 12.4 Å². The minimum atomic E-state index is 0.479. The third kappa shape index (κ3) is 4.03. The number of thiophene rings is 1. The van der Waals surface area contributed by atoms with Crippen LogP contribution < -0.4 is 4.74 Å². The number of hydrogen-bond donors (Lipinski definition) is 2. The van der Waals surface area contributed by atoms with Crippen molar-refractivity contribution in [1.82, 2.24) is 30.1 Å². The van der Waals surface area contributed by atoms with Gasteiger partial charge in [-0.05, 0) is 52.2 Å². The molecule has 7 aromatic rings. The molecule has 0 saturated carbocycles. The first kappa shape index (κ1) is 21.5. The van der Waals surface area contributed by atoms with Crippen LogP contribution in [0.4, 0.5) is 0 Å². The second kappa shape index (κ2) is 9.00. The zero-order chi connectivity index (χ0) is 24.6. The molecule has 0 atom stereocenters. The van der Waals surface area contributed by atoms with Gasteiger partial charge in [0.05, 0.1) is 34.8 Å². The summed E-state index contributed by atoms with van der Waals surface area (Å²) >= 11 is 1.67. The van der Waals surface area contributed by atoms with Crippen molar-refractivity contribution in [3.05, 3.63) is 102 Å². The smallest absolute Gasteiger partial charge is 0.138 e. The number of ether oxygens (including phenoxy) is 1. The average Bonchev–Trinajstić information content (AvgIpc) is 3.71. The maximum absolute atomic E-state index is 5.98. The van der Waals surface area contributed by atoms with Gasteiger partial charge in [-0.3, -0.25) is 15.1 Å². The molecule has 0 fully saturated rings. The van der Waals surface area contributed by atoms with Crippen LogP contribution in [-0.4, -0.2) is 30.1 Å². The Morgan fingerprint density at radius 1 is 0.838 bits per heavy atom. The molecule has 8 heteroatoms. The number of aromatic amines is 2. The second-order valence-corrected chi connectivity index (χ2v) is 9.47. The number of benzene rings is 1. The van der Waals surface area contributed by atoms with Gasteiger partial charge in [0, 0.05) is 28.9 Å². The fraction of sp³-hybridized carbons (Fsp3) is 0.0345. The molecule has 178 valence electrons. The van der Waals surface area contributed by atoms with Crippen molar-refractivity contribution >= 4 is 33.3 Å². The number of fused-ring (bicyclic) bond motifs is 2. The first-order valence-corrected chi connectivity index (χ1v) is 12.7. The van der Waals surface area contributed by atoms with Gasteiger partial charge in [-0.1, -0.05) is 30.3 Å². The highest BCUT2D eigenvalue weighted by Gasteiger charge is 2.16. The van der Waals surface area contributed by atoms with Crippen molar-refractivity contribution in [2.24, 2.45) is 0 Å². The van der Waals surface area contributed by atoms with Crippen LogP contribution in [0.3, 0.4) is 0 Å². The van der Waals surface area contributed by atoms with E-state index < -0.39 is 0 Å². The third-order valence-corrected chi connectivity index (χ3v) is 6.98. The number of rotatable bonds is 6. The van der Waals surface area contributed by atoms with Gasteiger partial charge in [-0.15, -0.1) is 0 Å². The average molecular weight is 501 g/mol. The quantitative estimate of drug-likeness (QED) is 0.260. The summed E-state index contributed by atoms with van der Waals surface area (Å²) in [5, 5.41) is 13.0. The van der Waals surface area contributed by atoms with Crippen LogP contribution in [0.1, 0.15) is 5.56 Å². The Morgan fingerprint density at radius 2 is 1.76 bits per heavy atom. The van der Waals surface area contributed by atoms with E-state index in [-0.39, 0.29) is 0 Å². The molecular formula is C29H20N6OS. The van der Waals surface area contributed by atoms with Crippen molar-refractivity contribution in [3.63, 3.8) is 0 Å². The van der Waals surface area contributed by atoms with Gasteiger partial charge in [0.1, 0.15) is 23.6 Å². The van der Waals surface area contributed by atoms with Crippen molar-refractivity contribution in [3.8, 4) is 39.5 Å². The number of nitrogens with one attached hydrogen (secondary N) is 2. The fourth-order valence-electron chi connectivity index (χ4n) is 4.45. The Kier molecular flexibility index (Phi) is 5.22. The van der Waals surface area contributed by atoms with Crippen molar-refractivity contribution < 1.29 is 4.74 Å². The molecule has 0 bridgehead atoms. The Hall–Kier alpha value is -4.82. The van der Waals surface area contributed by atoms with E-state index in [2.05, 4.69) is 48.0 Å². The normalized spacial score (nSPS) is 11.4. The van der Waals surface area contributed by atoms with Gasteiger partial charge < -0.3 is 9.72 Å². The summed E-state index contributed by atoms with van der Waals surface area (Å²) in [5.41, 5.74) is 9.26. The molecule has 6 heterocycles. The molecule has 0 aliphatic carbocycles. The van der Waals surface area contributed by atoms with Gasteiger partial charge in [0.2, 0.25) is 0 Å². The predicted octanol–water partition coefficient (Wildman–Crippen LogP) is 6.87. The van der Waals surface area contributed by atoms with Gasteiger partial charge in [-0.2, -0.15) is 16.4 Å². The molecule has 37 heavy (non-hydrogen) atoms. The lowest BCUT2D eigenvalue weighted by Crippen LogP contribution is -1.96. The van der Waals surface area contributed by atoms with Gasteiger partial charge in [0.25, 0.3) is 0 Å². The van der Waals surface area contributed by atoms with E-state index in [1.54, 1.807) is 23.7 Å². The Bertz CT molecular complexity index is 1840. The third-order valence-electron chi connectivity index (χ3n) is 6.30. The molecule has 2 N–H and O–H groups in total. The highest BCUT2D eigenvalue weighted by Crippen LogP contribution is 2.34. The largest absolute Gasteiger partial charge is 0.487 e. The minimum absolute atomic E-state index is 0.479. The summed E-state index contributed by atoms with van der Waals surface area (Å²) in [6.45, 7) is 0.479. The standard InChI is InChI=1S/C29H20N6OS/c1-2-4-18(5-3-1)16-36-21-10-20(12-30-13-21)24-6-7-25-28(33-24)29(35-34-25)26-11-22-23(19-8-9-37-17-19)14-31-15-27(22)32-26/h1-15,17,32H,16H2,(H,34,35). The zero-order valence-corrected chi connectivity index (χ0v) is 20.4. The van der Waals surface area contributed by atoms with Crippen molar-refractivity contribution in [2.75, 3.05) is 0 Å². The Balaban J connectivity index is 1.24. The number of H-pyrrole nitrogens is 2. The summed E-state index contributed by atoms with van der Waals surface area (Å²) in [6, 6.07) is 20.2. The maximum Gasteiger partial charge on any atom is 0.138 e. The Labute approximate surface area is 215 Å². The van der Waals surface area contributed by atoms with Crippen LogP contribution in [0.25, 0.3) is 55.7 Å². The maximum atomic E-state index is 5.98. The van der Waals surface area contributed by atoms with E-state index in [4.69, 9.17) is 9.72 Å². The van der Waals surface area contributed by atoms with E-state index in [9.17, 15) is 0 Å². The number of nitrogens with zero attached hydrogens (tertiary/aromatic N) is 4. The molecule has 7 rings (SSSR count). The van der Waals surface area contributed by atoms with Crippen molar-refractivity contribution in [1.29, 1.82) is 0 Å². The summed E-state index contributed by atoms with van der Waals surface area (Å²) < 4.78 is 5.98. The zero-order valence-electron chi connectivity index (χ0n) is 19.6. The monoisotopic (exact) mass is 500 g/mol. The summed E-state index contributed by atoms with van der Waals surface area (Å²) in [6.07, 6.45) is 7.26. The highest BCUT2D eigenvalue weighted by atomic mass is 32.1. The lowest BCUT2D eigenvalue weighted by molar-refractivity contribution is 0.305. The lowest BCUT2D eigenvalue weighted by Gasteiger charge is -2.08. The lowest BCUT2D eigenvalue weighted by atomic mass is 10.1. The van der Waals surface area contributed by atoms with Gasteiger partial charge >= 0.3 is 0 Å². The predicted molar refractivity (Wildman–Crippen MR) is 146 cm³/mol. The minimum Gasteiger partial charge on any atom is -0.487 e. The van der Waals surface area contributed by atoms with E-state index in [0.717, 1.165) is 61.3 Å². The molecule has 0 unspecified atom stereocenters. The molecule has 6 aromatic heterocycles. The molecule has 0 radical (unpaired) electrons. The van der Waals surface area contributed by atoms with E-state index in [1.165, 1.54) is 0 Å². The summed E-state index contributed by atoms with van der Waals surface area (Å²) in [4.78, 5) is 17.3.